The second-order valence-corrected chi connectivity index (χ2v) is 5.76. The standard InChI is InChI=1S/C15H26FN/c1-8-11(2)12(3)14(17-13(4)16)9-10-15(5,6)7/h11-13H,8H2,1-7H3/t11-,12?,13?/m0/s1. The Labute approximate surface area is 106 Å². The molecule has 2 unspecified atom stereocenters. The van der Waals surface area contributed by atoms with Crippen molar-refractivity contribution < 1.29 is 4.39 Å². The summed E-state index contributed by atoms with van der Waals surface area (Å²) in [4.78, 5) is 4.03. The molecule has 3 atom stereocenters. The Kier molecular flexibility index (Phi) is 6.45. The van der Waals surface area contributed by atoms with Crippen molar-refractivity contribution in [2.75, 3.05) is 0 Å². The summed E-state index contributed by atoms with van der Waals surface area (Å²) >= 11 is 0. The lowest BCUT2D eigenvalue weighted by molar-refractivity contribution is 0.372. The predicted molar refractivity (Wildman–Crippen MR) is 73.9 cm³/mol. The Bertz CT molecular complexity index is 312. The largest absolute Gasteiger partial charge is 0.244 e. The van der Waals surface area contributed by atoms with Gasteiger partial charge in [-0.2, -0.15) is 0 Å². The molecule has 0 aliphatic carbocycles. The molecule has 0 fully saturated rings. The Balaban J connectivity index is 5.08. The van der Waals surface area contributed by atoms with E-state index in [9.17, 15) is 4.39 Å². The third-order valence-electron chi connectivity index (χ3n) is 2.81. The van der Waals surface area contributed by atoms with Crippen molar-refractivity contribution in [2.45, 2.75) is 61.2 Å². The summed E-state index contributed by atoms with van der Waals surface area (Å²) in [5.74, 6) is 6.90. The van der Waals surface area contributed by atoms with Crippen LogP contribution in [0.4, 0.5) is 4.39 Å². The molecule has 0 amide bonds. The van der Waals surface area contributed by atoms with Gasteiger partial charge < -0.3 is 0 Å². The van der Waals surface area contributed by atoms with Gasteiger partial charge in [0.1, 0.15) is 0 Å². The second-order valence-electron chi connectivity index (χ2n) is 5.76. The zero-order valence-electron chi connectivity index (χ0n) is 12.3. The molecular formula is C15H26FN. The van der Waals surface area contributed by atoms with Crippen LogP contribution in [0.15, 0.2) is 4.99 Å². The van der Waals surface area contributed by atoms with Crippen LogP contribution >= 0.6 is 0 Å². The minimum absolute atomic E-state index is 0.0739. The molecule has 0 N–H and O–H groups in total. The summed E-state index contributed by atoms with van der Waals surface area (Å²) in [5.41, 5.74) is 0.624. The van der Waals surface area contributed by atoms with Crippen LogP contribution in [0.25, 0.3) is 0 Å². The van der Waals surface area contributed by atoms with Crippen LogP contribution < -0.4 is 0 Å². The van der Waals surface area contributed by atoms with E-state index in [1.54, 1.807) is 0 Å². The molecule has 0 saturated carbocycles. The molecule has 0 aromatic carbocycles. The molecule has 2 heteroatoms. The maximum absolute atomic E-state index is 13.0. The molecular weight excluding hydrogens is 213 g/mol. The number of halogens is 1. The van der Waals surface area contributed by atoms with Gasteiger partial charge in [-0.25, -0.2) is 9.38 Å². The van der Waals surface area contributed by atoms with Gasteiger partial charge in [0.2, 0.25) is 0 Å². The van der Waals surface area contributed by atoms with Gasteiger partial charge in [0.15, 0.2) is 6.30 Å². The highest BCUT2D eigenvalue weighted by atomic mass is 19.1. The molecule has 1 nitrogen and oxygen atoms in total. The van der Waals surface area contributed by atoms with Crippen molar-refractivity contribution in [1.82, 2.24) is 0 Å². The van der Waals surface area contributed by atoms with Crippen LogP contribution in [-0.4, -0.2) is 12.0 Å². The summed E-state index contributed by atoms with van der Waals surface area (Å²) in [6.45, 7) is 13.9. The fourth-order valence-corrected chi connectivity index (χ4v) is 1.33. The van der Waals surface area contributed by atoms with Crippen molar-refractivity contribution in [3.8, 4) is 11.8 Å². The van der Waals surface area contributed by atoms with E-state index in [1.165, 1.54) is 6.92 Å². The minimum Gasteiger partial charge on any atom is -0.244 e. The topological polar surface area (TPSA) is 12.4 Å². The van der Waals surface area contributed by atoms with Gasteiger partial charge >= 0.3 is 0 Å². The molecule has 0 aromatic rings. The normalized spacial score (nSPS) is 18.0. The molecule has 0 heterocycles. The SMILES string of the molecule is CC[C@H](C)C(C)C(C#CC(C)(C)C)=NC(C)F. The lowest BCUT2D eigenvalue weighted by atomic mass is 9.88. The molecule has 0 radical (unpaired) electrons. The van der Waals surface area contributed by atoms with E-state index in [1.807, 2.05) is 20.8 Å². The smallest absolute Gasteiger partial charge is 0.188 e. The van der Waals surface area contributed by atoms with Crippen LogP contribution in [0.5, 0.6) is 0 Å². The third kappa shape index (κ3) is 7.15. The monoisotopic (exact) mass is 239 g/mol. The lowest BCUT2D eigenvalue weighted by Crippen LogP contribution is -2.19. The second kappa shape index (κ2) is 6.79. The zero-order chi connectivity index (χ0) is 13.6. The van der Waals surface area contributed by atoms with Gasteiger partial charge in [-0.05, 0) is 33.6 Å². The Morgan fingerprint density at radius 2 is 1.76 bits per heavy atom. The summed E-state index contributed by atoms with van der Waals surface area (Å²) in [5, 5.41) is 0. The first-order valence-corrected chi connectivity index (χ1v) is 6.42. The van der Waals surface area contributed by atoms with E-state index in [-0.39, 0.29) is 11.3 Å². The maximum atomic E-state index is 13.0. The Morgan fingerprint density at radius 3 is 2.12 bits per heavy atom. The van der Waals surface area contributed by atoms with E-state index >= 15 is 0 Å². The number of rotatable bonds is 4. The molecule has 0 spiro atoms. The van der Waals surface area contributed by atoms with Gasteiger partial charge in [0.05, 0.1) is 5.71 Å². The molecule has 0 bridgehead atoms. The van der Waals surface area contributed by atoms with E-state index in [2.05, 4.69) is 37.6 Å². The average Bonchev–Trinajstić information content (AvgIpc) is 2.20. The number of nitrogens with zero attached hydrogens (tertiary/aromatic N) is 1. The molecule has 0 rings (SSSR count). The lowest BCUT2D eigenvalue weighted by Gasteiger charge is -2.18. The first-order chi connectivity index (χ1) is 7.67. The van der Waals surface area contributed by atoms with Crippen LogP contribution in [0.1, 0.15) is 54.9 Å². The van der Waals surface area contributed by atoms with Gasteiger partial charge in [0, 0.05) is 11.3 Å². The summed E-state index contributed by atoms with van der Waals surface area (Å²) in [6.07, 6.45) is -0.122. The van der Waals surface area contributed by atoms with Crippen molar-refractivity contribution in [1.29, 1.82) is 0 Å². The van der Waals surface area contributed by atoms with Crippen molar-refractivity contribution >= 4 is 5.71 Å². The average molecular weight is 239 g/mol. The molecule has 0 saturated heterocycles. The Morgan fingerprint density at radius 1 is 1.24 bits per heavy atom. The maximum Gasteiger partial charge on any atom is 0.188 e. The summed E-state index contributed by atoms with van der Waals surface area (Å²) < 4.78 is 13.0. The third-order valence-corrected chi connectivity index (χ3v) is 2.81. The van der Waals surface area contributed by atoms with Crippen molar-refractivity contribution in [2.24, 2.45) is 22.2 Å². The number of alkyl halides is 1. The van der Waals surface area contributed by atoms with Crippen LogP contribution in [0.2, 0.25) is 0 Å². The zero-order valence-corrected chi connectivity index (χ0v) is 12.3. The van der Waals surface area contributed by atoms with Crippen LogP contribution in [-0.2, 0) is 0 Å². The quantitative estimate of drug-likeness (QED) is 0.390. The van der Waals surface area contributed by atoms with E-state index in [0.717, 1.165) is 6.42 Å². The summed E-state index contributed by atoms with van der Waals surface area (Å²) in [7, 11) is 0. The van der Waals surface area contributed by atoms with E-state index in [0.29, 0.717) is 11.6 Å². The van der Waals surface area contributed by atoms with Gasteiger partial charge in [0.25, 0.3) is 0 Å². The number of hydrogen-bond acceptors (Lipinski definition) is 1. The van der Waals surface area contributed by atoms with Crippen molar-refractivity contribution in [3.05, 3.63) is 0 Å². The summed E-state index contributed by atoms with van der Waals surface area (Å²) in [6, 6.07) is 0. The van der Waals surface area contributed by atoms with Gasteiger partial charge in [-0.15, -0.1) is 0 Å². The van der Waals surface area contributed by atoms with Crippen LogP contribution in [0.3, 0.4) is 0 Å². The first kappa shape index (κ1) is 16.2. The van der Waals surface area contributed by atoms with Crippen LogP contribution in [0, 0.1) is 29.1 Å². The van der Waals surface area contributed by atoms with Gasteiger partial charge in [-0.3, -0.25) is 0 Å². The van der Waals surface area contributed by atoms with E-state index < -0.39 is 6.30 Å². The van der Waals surface area contributed by atoms with Crippen molar-refractivity contribution in [3.63, 3.8) is 0 Å². The Hall–Kier alpha value is -0.840. The molecule has 0 aliphatic heterocycles. The fraction of sp³-hybridized carbons (Fsp3) is 0.800. The number of aliphatic imine (C=N–C) groups is 1. The highest BCUT2D eigenvalue weighted by Gasteiger charge is 2.16. The molecule has 0 aromatic heterocycles. The van der Waals surface area contributed by atoms with Gasteiger partial charge in [-0.1, -0.05) is 39.0 Å². The fourth-order valence-electron chi connectivity index (χ4n) is 1.33. The molecule has 0 aliphatic rings. The molecule has 17 heavy (non-hydrogen) atoms. The highest BCUT2D eigenvalue weighted by Crippen LogP contribution is 2.18. The van der Waals surface area contributed by atoms with E-state index in [4.69, 9.17) is 0 Å². The minimum atomic E-state index is -1.18. The molecule has 98 valence electrons. The highest BCUT2D eigenvalue weighted by molar-refractivity contribution is 6.02. The number of hydrogen-bond donors (Lipinski definition) is 0. The first-order valence-electron chi connectivity index (χ1n) is 6.42. The predicted octanol–water partition coefficient (Wildman–Crippen LogP) is 4.47.